The molecular weight excluding hydrogens is 193 g/mol. The summed E-state index contributed by atoms with van der Waals surface area (Å²) in [5.74, 6) is 0.555. The van der Waals surface area contributed by atoms with Gasteiger partial charge < -0.3 is 4.74 Å². The summed E-state index contributed by atoms with van der Waals surface area (Å²) in [6, 6.07) is 0. The van der Waals surface area contributed by atoms with Gasteiger partial charge in [-0.25, -0.2) is 0 Å². The lowest BCUT2D eigenvalue weighted by atomic mass is 10.3. The van der Waals surface area contributed by atoms with Gasteiger partial charge in [0, 0.05) is 12.5 Å². The van der Waals surface area contributed by atoms with Crippen molar-refractivity contribution < 1.29 is 17.9 Å². The van der Waals surface area contributed by atoms with Gasteiger partial charge in [0.05, 0.1) is 0 Å². The topological polar surface area (TPSA) is 9.23 Å². The highest BCUT2D eigenvalue weighted by Crippen LogP contribution is 2.14. The molecule has 0 aromatic rings. The van der Waals surface area contributed by atoms with Crippen LogP contribution in [0.25, 0.3) is 0 Å². The molecule has 0 bridgehead atoms. The monoisotopic (exact) mass is 204 g/mol. The van der Waals surface area contributed by atoms with Crippen LogP contribution in [0.3, 0.4) is 0 Å². The smallest absolute Gasteiger partial charge is 0.372 e. The summed E-state index contributed by atoms with van der Waals surface area (Å²) in [6.07, 6.45) is -1.91. The zero-order valence-corrected chi connectivity index (χ0v) is 7.42. The lowest BCUT2D eigenvalue weighted by molar-refractivity contribution is -0.174. The second-order valence-electron chi connectivity index (χ2n) is 2.42. The van der Waals surface area contributed by atoms with Crippen LogP contribution in [-0.4, -0.2) is 25.3 Å². The highest BCUT2D eigenvalue weighted by atomic mass is 35.5. The predicted octanol–water partition coefficient (Wildman–Crippen LogP) is 2.97. The number of halogens is 4. The fraction of sp³-hybridized carbons (Fsp3) is 1.00. The molecule has 12 heavy (non-hydrogen) atoms. The van der Waals surface area contributed by atoms with Crippen molar-refractivity contribution in [3.05, 3.63) is 0 Å². The lowest BCUT2D eigenvalue weighted by Crippen LogP contribution is -2.17. The molecule has 74 valence electrons. The first-order chi connectivity index (χ1) is 5.56. The maximum Gasteiger partial charge on any atom is 0.411 e. The molecule has 0 radical (unpaired) electrons. The number of ether oxygens (including phenoxy) is 1. The van der Waals surface area contributed by atoms with Gasteiger partial charge in [0.25, 0.3) is 0 Å². The van der Waals surface area contributed by atoms with Crippen molar-refractivity contribution >= 4 is 11.6 Å². The van der Waals surface area contributed by atoms with Crippen molar-refractivity contribution in [1.82, 2.24) is 0 Å². The van der Waals surface area contributed by atoms with Gasteiger partial charge >= 0.3 is 6.18 Å². The van der Waals surface area contributed by atoms with E-state index < -0.39 is 12.8 Å². The predicted molar refractivity (Wildman–Crippen MR) is 41.4 cm³/mol. The molecule has 5 heteroatoms. The minimum Gasteiger partial charge on any atom is -0.372 e. The van der Waals surface area contributed by atoms with E-state index in [4.69, 9.17) is 11.6 Å². The standard InChI is InChI=1S/C7H12ClF3O/c8-4-2-1-3-5-12-6-7(9,10)11/h1-6H2. The molecule has 0 unspecified atom stereocenters. The van der Waals surface area contributed by atoms with Crippen molar-refractivity contribution in [3.63, 3.8) is 0 Å². The summed E-state index contributed by atoms with van der Waals surface area (Å²) in [5, 5.41) is 0. The highest BCUT2D eigenvalue weighted by molar-refractivity contribution is 6.17. The Labute approximate surface area is 74.8 Å². The van der Waals surface area contributed by atoms with Crippen LogP contribution in [0.5, 0.6) is 0 Å². The Morgan fingerprint density at radius 3 is 2.25 bits per heavy atom. The number of rotatable bonds is 6. The zero-order chi connectivity index (χ0) is 9.45. The van der Waals surface area contributed by atoms with Gasteiger partial charge in [0.2, 0.25) is 0 Å². The molecule has 0 spiro atoms. The first-order valence-electron chi connectivity index (χ1n) is 3.77. The molecule has 0 heterocycles. The summed E-state index contributed by atoms with van der Waals surface area (Å²) >= 11 is 5.37. The van der Waals surface area contributed by atoms with E-state index in [0.717, 1.165) is 12.8 Å². The molecule has 0 fully saturated rings. The quantitative estimate of drug-likeness (QED) is 0.478. The molecule has 0 aliphatic heterocycles. The van der Waals surface area contributed by atoms with Crippen LogP contribution in [-0.2, 0) is 4.74 Å². The minimum atomic E-state index is -4.20. The Morgan fingerprint density at radius 1 is 1.08 bits per heavy atom. The summed E-state index contributed by atoms with van der Waals surface area (Å²) in [5.41, 5.74) is 0. The lowest BCUT2D eigenvalue weighted by Gasteiger charge is -2.06. The number of alkyl halides is 4. The molecule has 0 N–H and O–H groups in total. The Morgan fingerprint density at radius 2 is 1.75 bits per heavy atom. The SMILES string of the molecule is FC(F)(F)COCCCCCCl. The van der Waals surface area contributed by atoms with Crippen LogP contribution < -0.4 is 0 Å². The second-order valence-corrected chi connectivity index (χ2v) is 2.80. The molecule has 1 nitrogen and oxygen atoms in total. The van der Waals surface area contributed by atoms with Crippen LogP contribution in [0.1, 0.15) is 19.3 Å². The minimum absolute atomic E-state index is 0.163. The molecule has 0 aromatic heterocycles. The summed E-state index contributed by atoms with van der Waals surface area (Å²) in [6.45, 7) is -0.982. The van der Waals surface area contributed by atoms with E-state index in [0.29, 0.717) is 12.3 Å². The van der Waals surface area contributed by atoms with E-state index in [1.165, 1.54) is 0 Å². The number of hydrogen-bond acceptors (Lipinski definition) is 1. The number of unbranched alkanes of at least 4 members (excludes halogenated alkanes) is 2. The van der Waals surface area contributed by atoms with Gasteiger partial charge in [0.1, 0.15) is 6.61 Å². The second kappa shape index (κ2) is 6.54. The largest absolute Gasteiger partial charge is 0.411 e. The third-order valence-corrected chi connectivity index (χ3v) is 1.46. The van der Waals surface area contributed by atoms with Gasteiger partial charge in [-0.2, -0.15) is 13.2 Å². The van der Waals surface area contributed by atoms with Crippen molar-refractivity contribution in [2.45, 2.75) is 25.4 Å². The molecule has 0 saturated heterocycles. The van der Waals surface area contributed by atoms with Crippen molar-refractivity contribution in [3.8, 4) is 0 Å². The first kappa shape index (κ1) is 12.0. The fourth-order valence-corrected chi connectivity index (χ4v) is 0.852. The van der Waals surface area contributed by atoms with E-state index in [1.54, 1.807) is 0 Å². The molecule has 0 aliphatic carbocycles. The molecular formula is C7H12ClF3O. The zero-order valence-electron chi connectivity index (χ0n) is 6.66. The van der Waals surface area contributed by atoms with E-state index >= 15 is 0 Å². The van der Waals surface area contributed by atoms with Crippen molar-refractivity contribution in [2.75, 3.05) is 19.1 Å². The molecule has 0 aromatic carbocycles. The van der Waals surface area contributed by atoms with Crippen LogP contribution >= 0.6 is 11.6 Å². The van der Waals surface area contributed by atoms with Gasteiger partial charge in [-0.15, -0.1) is 11.6 Å². The molecule has 0 atom stereocenters. The van der Waals surface area contributed by atoms with Gasteiger partial charge in [-0.3, -0.25) is 0 Å². The maximum absolute atomic E-state index is 11.5. The van der Waals surface area contributed by atoms with Gasteiger partial charge in [0.15, 0.2) is 0 Å². The van der Waals surface area contributed by atoms with Gasteiger partial charge in [-0.1, -0.05) is 0 Å². The van der Waals surface area contributed by atoms with Crippen LogP contribution in [0, 0.1) is 0 Å². The van der Waals surface area contributed by atoms with Crippen LogP contribution in [0.4, 0.5) is 13.2 Å². The van der Waals surface area contributed by atoms with E-state index in [1.807, 2.05) is 0 Å². The maximum atomic E-state index is 11.5. The van der Waals surface area contributed by atoms with Crippen molar-refractivity contribution in [1.29, 1.82) is 0 Å². The Bertz CT molecular complexity index is 105. The summed E-state index contributed by atoms with van der Waals surface area (Å²) in [7, 11) is 0. The Hall–Kier alpha value is 0.0400. The van der Waals surface area contributed by atoms with Gasteiger partial charge in [-0.05, 0) is 19.3 Å². The molecule has 0 saturated carbocycles. The molecule has 0 rings (SSSR count). The average molecular weight is 205 g/mol. The molecule has 0 aliphatic rings. The highest BCUT2D eigenvalue weighted by Gasteiger charge is 2.26. The van der Waals surface area contributed by atoms with Crippen molar-refractivity contribution in [2.24, 2.45) is 0 Å². The Kier molecular flexibility index (Phi) is 6.57. The third-order valence-electron chi connectivity index (χ3n) is 1.19. The third kappa shape index (κ3) is 10.0. The van der Waals surface area contributed by atoms with E-state index in [-0.39, 0.29) is 6.61 Å². The van der Waals surface area contributed by atoms with Crippen LogP contribution in [0.2, 0.25) is 0 Å². The summed E-state index contributed by atoms with van der Waals surface area (Å²) in [4.78, 5) is 0. The molecule has 0 amide bonds. The number of hydrogen-bond donors (Lipinski definition) is 0. The normalized spacial score (nSPS) is 12.0. The van der Waals surface area contributed by atoms with Crippen LogP contribution in [0.15, 0.2) is 0 Å². The van der Waals surface area contributed by atoms with E-state index in [2.05, 4.69) is 4.74 Å². The fourth-order valence-electron chi connectivity index (χ4n) is 0.663. The average Bonchev–Trinajstić information content (AvgIpc) is 1.94. The Balaban J connectivity index is 3.01. The van der Waals surface area contributed by atoms with E-state index in [9.17, 15) is 13.2 Å². The summed E-state index contributed by atoms with van der Waals surface area (Å²) < 4.78 is 38.8. The first-order valence-corrected chi connectivity index (χ1v) is 4.30.